The fourth-order valence-electron chi connectivity index (χ4n) is 2.65. The van der Waals surface area contributed by atoms with Gasteiger partial charge in [0.1, 0.15) is 0 Å². The first-order valence-corrected chi connectivity index (χ1v) is 7.52. The highest BCUT2D eigenvalue weighted by Gasteiger charge is 2.20. The highest BCUT2D eigenvalue weighted by molar-refractivity contribution is 5.25. The number of aryl methyl sites for hydroxylation is 1. The number of hydrogen-bond donors (Lipinski definition) is 1. The zero-order valence-electron chi connectivity index (χ0n) is 12.5. The van der Waals surface area contributed by atoms with Gasteiger partial charge in [0, 0.05) is 6.04 Å². The molecule has 1 aromatic rings. The minimum absolute atomic E-state index is 0.627. The van der Waals surface area contributed by atoms with Gasteiger partial charge in [0.05, 0.1) is 0 Å². The molecule has 1 aromatic carbocycles. The molecule has 0 bridgehead atoms. The Bertz CT molecular complexity index is 315. The Hall–Kier alpha value is -0.820. The molecule has 0 aliphatic heterocycles. The molecule has 1 nitrogen and oxygen atoms in total. The van der Waals surface area contributed by atoms with Crippen LogP contribution in [0.2, 0.25) is 0 Å². The summed E-state index contributed by atoms with van der Waals surface area (Å²) < 4.78 is 0. The average Bonchev–Trinajstić information content (AvgIpc) is 2.39. The van der Waals surface area contributed by atoms with E-state index in [1.54, 1.807) is 0 Å². The lowest BCUT2D eigenvalue weighted by molar-refractivity contribution is 0.396. The van der Waals surface area contributed by atoms with Crippen LogP contribution in [0.3, 0.4) is 0 Å². The van der Waals surface area contributed by atoms with E-state index in [0.717, 1.165) is 6.54 Å². The third-order valence-electron chi connectivity index (χ3n) is 3.69. The summed E-state index contributed by atoms with van der Waals surface area (Å²) in [7, 11) is 0. The summed E-state index contributed by atoms with van der Waals surface area (Å²) in [5, 5.41) is 3.73. The van der Waals surface area contributed by atoms with Crippen LogP contribution in [-0.4, -0.2) is 12.6 Å². The molecule has 18 heavy (non-hydrogen) atoms. The summed E-state index contributed by atoms with van der Waals surface area (Å²) in [5.74, 6) is 0.650. The molecule has 0 fully saturated rings. The van der Waals surface area contributed by atoms with Crippen LogP contribution in [0, 0.1) is 6.92 Å². The van der Waals surface area contributed by atoms with Gasteiger partial charge in [-0.3, -0.25) is 0 Å². The third kappa shape index (κ3) is 4.45. The molecule has 0 saturated carbocycles. The second-order valence-electron chi connectivity index (χ2n) is 5.27. The SMILES string of the molecule is CCCNC(CCC)C(CC)c1ccc(C)cc1. The normalized spacial score (nSPS) is 14.4. The molecular formula is C17H29N. The molecule has 1 N–H and O–H groups in total. The van der Waals surface area contributed by atoms with Crippen LogP contribution in [0.1, 0.15) is 63.5 Å². The quantitative estimate of drug-likeness (QED) is 0.704. The molecule has 2 atom stereocenters. The molecule has 0 heterocycles. The Labute approximate surface area is 113 Å². The summed E-state index contributed by atoms with van der Waals surface area (Å²) in [5.41, 5.74) is 2.84. The Morgan fingerprint density at radius 1 is 1.00 bits per heavy atom. The second kappa shape index (κ2) is 8.31. The smallest absolute Gasteiger partial charge is 0.0136 e. The van der Waals surface area contributed by atoms with Crippen molar-refractivity contribution in [2.24, 2.45) is 0 Å². The minimum atomic E-state index is 0.627. The van der Waals surface area contributed by atoms with Crippen LogP contribution < -0.4 is 5.32 Å². The predicted octanol–water partition coefficient (Wildman–Crippen LogP) is 4.66. The molecule has 0 radical (unpaired) electrons. The Morgan fingerprint density at radius 3 is 2.17 bits per heavy atom. The maximum atomic E-state index is 3.73. The molecule has 0 spiro atoms. The molecule has 2 unspecified atom stereocenters. The number of hydrogen-bond acceptors (Lipinski definition) is 1. The first kappa shape index (κ1) is 15.2. The summed E-state index contributed by atoms with van der Waals surface area (Å²) in [6, 6.07) is 9.71. The van der Waals surface area contributed by atoms with Crippen molar-refractivity contribution in [3.05, 3.63) is 35.4 Å². The van der Waals surface area contributed by atoms with Crippen molar-refractivity contribution in [1.82, 2.24) is 5.32 Å². The van der Waals surface area contributed by atoms with E-state index in [4.69, 9.17) is 0 Å². The molecule has 1 rings (SSSR count). The summed E-state index contributed by atoms with van der Waals surface area (Å²) in [6.45, 7) is 10.1. The highest BCUT2D eigenvalue weighted by Crippen LogP contribution is 2.26. The minimum Gasteiger partial charge on any atom is -0.313 e. The lowest BCUT2D eigenvalue weighted by Crippen LogP contribution is -2.35. The highest BCUT2D eigenvalue weighted by atomic mass is 14.9. The Morgan fingerprint density at radius 2 is 1.67 bits per heavy atom. The Kier molecular flexibility index (Phi) is 7.04. The fourth-order valence-corrected chi connectivity index (χ4v) is 2.65. The standard InChI is InChI=1S/C17H29N/c1-5-8-17(18-13-6-2)16(7-3)15-11-9-14(4)10-12-15/h9-12,16-18H,5-8,13H2,1-4H3. The van der Waals surface area contributed by atoms with Gasteiger partial charge in [-0.1, -0.05) is 57.0 Å². The van der Waals surface area contributed by atoms with E-state index in [1.807, 2.05) is 0 Å². The summed E-state index contributed by atoms with van der Waals surface area (Å²) in [4.78, 5) is 0. The van der Waals surface area contributed by atoms with Gasteiger partial charge in [-0.25, -0.2) is 0 Å². The monoisotopic (exact) mass is 247 g/mol. The van der Waals surface area contributed by atoms with Crippen LogP contribution in [-0.2, 0) is 0 Å². The molecule has 0 aliphatic rings. The third-order valence-corrected chi connectivity index (χ3v) is 3.69. The van der Waals surface area contributed by atoms with Crippen LogP contribution in [0.5, 0.6) is 0 Å². The molecule has 102 valence electrons. The lowest BCUT2D eigenvalue weighted by atomic mass is 9.86. The van der Waals surface area contributed by atoms with Gasteiger partial charge in [-0.05, 0) is 44.2 Å². The molecule has 1 heteroatoms. The van der Waals surface area contributed by atoms with Crippen LogP contribution >= 0.6 is 0 Å². The van der Waals surface area contributed by atoms with Crippen molar-refractivity contribution in [1.29, 1.82) is 0 Å². The van der Waals surface area contributed by atoms with Crippen LogP contribution in [0.25, 0.3) is 0 Å². The second-order valence-corrected chi connectivity index (χ2v) is 5.27. The zero-order chi connectivity index (χ0) is 13.4. The van der Waals surface area contributed by atoms with Gasteiger partial charge in [-0.15, -0.1) is 0 Å². The largest absolute Gasteiger partial charge is 0.313 e. The molecule has 0 amide bonds. The first-order chi connectivity index (χ1) is 8.72. The molecule has 0 saturated heterocycles. The van der Waals surface area contributed by atoms with E-state index < -0.39 is 0 Å². The number of nitrogens with one attached hydrogen (secondary N) is 1. The number of rotatable bonds is 8. The average molecular weight is 247 g/mol. The van der Waals surface area contributed by atoms with Crippen molar-refractivity contribution >= 4 is 0 Å². The summed E-state index contributed by atoms with van der Waals surface area (Å²) >= 11 is 0. The van der Waals surface area contributed by atoms with Crippen molar-refractivity contribution < 1.29 is 0 Å². The van der Waals surface area contributed by atoms with Gasteiger partial charge >= 0.3 is 0 Å². The van der Waals surface area contributed by atoms with E-state index in [1.165, 1.54) is 36.8 Å². The van der Waals surface area contributed by atoms with E-state index in [0.29, 0.717) is 12.0 Å². The zero-order valence-corrected chi connectivity index (χ0v) is 12.5. The predicted molar refractivity (Wildman–Crippen MR) is 81.2 cm³/mol. The molecular weight excluding hydrogens is 218 g/mol. The van der Waals surface area contributed by atoms with E-state index >= 15 is 0 Å². The van der Waals surface area contributed by atoms with Gasteiger partial charge < -0.3 is 5.32 Å². The van der Waals surface area contributed by atoms with Gasteiger partial charge in [0.2, 0.25) is 0 Å². The van der Waals surface area contributed by atoms with Crippen molar-refractivity contribution in [3.63, 3.8) is 0 Å². The van der Waals surface area contributed by atoms with Crippen molar-refractivity contribution in [2.45, 2.75) is 65.3 Å². The van der Waals surface area contributed by atoms with E-state index in [9.17, 15) is 0 Å². The topological polar surface area (TPSA) is 12.0 Å². The lowest BCUT2D eigenvalue weighted by Gasteiger charge is -2.27. The molecule has 0 aromatic heterocycles. The number of benzene rings is 1. The maximum Gasteiger partial charge on any atom is 0.0136 e. The van der Waals surface area contributed by atoms with Gasteiger partial charge in [0.15, 0.2) is 0 Å². The Balaban J connectivity index is 2.79. The molecule has 0 aliphatic carbocycles. The van der Waals surface area contributed by atoms with Crippen molar-refractivity contribution in [3.8, 4) is 0 Å². The van der Waals surface area contributed by atoms with E-state index in [2.05, 4.69) is 57.3 Å². The van der Waals surface area contributed by atoms with Crippen LogP contribution in [0.4, 0.5) is 0 Å². The van der Waals surface area contributed by atoms with Gasteiger partial charge in [-0.2, -0.15) is 0 Å². The van der Waals surface area contributed by atoms with Gasteiger partial charge in [0.25, 0.3) is 0 Å². The van der Waals surface area contributed by atoms with Crippen LogP contribution in [0.15, 0.2) is 24.3 Å². The van der Waals surface area contributed by atoms with E-state index in [-0.39, 0.29) is 0 Å². The first-order valence-electron chi connectivity index (χ1n) is 7.52. The maximum absolute atomic E-state index is 3.73. The fraction of sp³-hybridized carbons (Fsp3) is 0.647. The van der Waals surface area contributed by atoms with Crippen molar-refractivity contribution in [2.75, 3.05) is 6.54 Å². The summed E-state index contributed by atoms with van der Waals surface area (Å²) in [6.07, 6.45) is 4.95.